The van der Waals surface area contributed by atoms with Crippen molar-refractivity contribution in [2.24, 2.45) is 0 Å². The second-order valence-corrected chi connectivity index (χ2v) is 6.34. The summed E-state index contributed by atoms with van der Waals surface area (Å²) < 4.78 is 14.2. The molecule has 1 heterocycles. The van der Waals surface area contributed by atoms with Crippen molar-refractivity contribution in [1.29, 1.82) is 0 Å². The predicted octanol–water partition coefficient (Wildman–Crippen LogP) is 4.30. The van der Waals surface area contributed by atoms with Crippen LogP contribution in [0.1, 0.15) is 17.0 Å². The second-order valence-electron chi connectivity index (χ2n) is 4.87. The first kappa shape index (κ1) is 14.4. The summed E-state index contributed by atoms with van der Waals surface area (Å²) in [5.41, 5.74) is 2.19. The van der Waals surface area contributed by atoms with Gasteiger partial charge in [-0.2, -0.15) is 11.8 Å². The Labute approximate surface area is 131 Å². The van der Waals surface area contributed by atoms with Crippen molar-refractivity contribution in [3.8, 4) is 0 Å². The van der Waals surface area contributed by atoms with Crippen molar-refractivity contribution in [2.45, 2.75) is 5.92 Å². The average molecular weight is 322 g/mol. The Morgan fingerprint density at radius 3 is 2.81 bits per heavy atom. The molecule has 0 aliphatic carbocycles. The summed E-state index contributed by atoms with van der Waals surface area (Å²) in [6, 6.07) is 12.1. The fourth-order valence-electron chi connectivity index (χ4n) is 2.50. The highest BCUT2D eigenvalue weighted by molar-refractivity contribution is 8.00. The van der Waals surface area contributed by atoms with Gasteiger partial charge in [-0.05, 0) is 35.4 Å². The zero-order valence-electron chi connectivity index (χ0n) is 11.1. The smallest absolute Gasteiger partial charge is 0.234 e. The van der Waals surface area contributed by atoms with E-state index in [1.165, 1.54) is 17.8 Å². The molecule has 1 amide bonds. The third-order valence-corrected chi connectivity index (χ3v) is 4.73. The number of hydrogen-bond donors (Lipinski definition) is 1. The van der Waals surface area contributed by atoms with Crippen molar-refractivity contribution in [1.82, 2.24) is 0 Å². The molecule has 1 aliphatic rings. The monoisotopic (exact) mass is 321 g/mol. The summed E-state index contributed by atoms with van der Waals surface area (Å²) >= 11 is 7.58. The van der Waals surface area contributed by atoms with Crippen LogP contribution >= 0.6 is 23.4 Å². The van der Waals surface area contributed by atoms with Gasteiger partial charge >= 0.3 is 0 Å². The van der Waals surface area contributed by atoms with E-state index in [0.29, 0.717) is 27.8 Å². The number of nitrogens with one attached hydrogen (secondary N) is 1. The lowest BCUT2D eigenvalue weighted by molar-refractivity contribution is -0.113. The Bertz CT molecular complexity index is 692. The van der Waals surface area contributed by atoms with Crippen LogP contribution in [-0.2, 0) is 4.79 Å². The number of rotatable bonds is 1. The van der Waals surface area contributed by atoms with Crippen molar-refractivity contribution >= 4 is 35.0 Å². The maximum Gasteiger partial charge on any atom is 0.234 e. The van der Waals surface area contributed by atoms with Gasteiger partial charge < -0.3 is 5.32 Å². The molecule has 0 saturated carbocycles. The largest absolute Gasteiger partial charge is 0.325 e. The second kappa shape index (κ2) is 6.08. The highest BCUT2D eigenvalue weighted by Crippen LogP contribution is 2.37. The van der Waals surface area contributed by atoms with E-state index in [4.69, 9.17) is 11.6 Å². The van der Waals surface area contributed by atoms with Gasteiger partial charge in [0.2, 0.25) is 5.91 Å². The minimum absolute atomic E-state index is 0.0458. The van der Waals surface area contributed by atoms with Gasteiger partial charge in [0.15, 0.2) is 0 Å². The van der Waals surface area contributed by atoms with Crippen LogP contribution in [0.25, 0.3) is 0 Å². The normalized spacial score (nSPS) is 18.4. The van der Waals surface area contributed by atoms with Gasteiger partial charge in [0.05, 0.1) is 5.75 Å². The fraction of sp³-hybridized carbons (Fsp3) is 0.188. The average Bonchev–Trinajstić information content (AvgIpc) is 2.45. The molecule has 0 spiro atoms. The van der Waals surface area contributed by atoms with E-state index in [9.17, 15) is 9.18 Å². The van der Waals surface area contributed by atoms with E-state index in [-0.39, 0.29) is 17.6 Å². The molecule has 5 heteroatoms. The molecule has 1 aliphatic heterocycles. The number of carbonyl (C=O) groups is 1. The number of thioether (sulfide) groups is 1. The van der Waals surface area contributed by atoms with E-state index in [1.807, 2.05) is 6.07 Å². The van der Waals surface area contributed by atoms with E-state index < -0.39 is 0 Å². The predicted molar refractivity (Wildman–Crippen MR) is 85.6 cm³/mol. The lowest BCUT2D eigenvalue weighted by Gasteiger charge is -2.24. The lowest BCUT2D eigenvalue weighted by Crippen LogP contribution is -2.21. The lowest BCUT2D eigenvalue weighted by atomic mass is 9.91. The molecule has 1 N–H and O–H groups in total. The highest BCUT2D eigenvalue weighted by Gasteiger charge is 2.24. The van der Waals surface area contributed by atoms with Gasteiger partial charge in [-0.25, -0.2) is 4.39 Å². The zero-order valence-corrected chi connectivity index (χ0v) is 12.7. The number of carbonyl (C=O) groups excluding carboxylic acids is 1. The Kier molecular flexibility index (Phi) is 4.17. The number of halogens is 2. The van der Waals surface area contributed by atoms with Crippen LogP contribution in [-0.4, -0.2) is 17.4 Å². The molecule has 0 saturated heterocycles. The van der Waals surface area contributed by atoms with Gasteiger partial charge in [-0.3, -0.25) is 4.79 Å². The Hall–Kier alpha value is -1.52. The van der Waals surface area contributed by atoms with E-state index in [2.05, 4.69) is 5.32 Å². The molecule has 108 valence electrons. The van der Waals surface area contributed by atoms with Crippen LogP contribution < -0.4 is 5.32 Å². The van der Waals surface area contributed by atoms with Crippen LogP contribution in [0.2, 0.25) is 5.02 Å². The number of anilines is 1. The molecular weight excluding hydrogens is 309 g/mol. The SMILES string of the molecule is O=C1CSCC(c2ccccc2F)c2cc(Cl)ccc2N1. The van der Waals surface area contributed by atoms with Gasteiger partial charge in [-0.15, -0.1) is 0 Å². The standard InChI is InChI=1S/C16H13ClFNOS/c17-10-5-6-15-12(7-10)13(8-21-9-16(20)19-15)11-3-1-2-4-14(11)18/h1-7,13H,8-9H2,(H,19,20). The first-order valence-corrected chi connectivity index (χ1v) is 8.10. The van der Waals surface area contributed by atoms with Crippen LogP contribution in [0.5, 0.6) is 0 Å². The molecule has 2 aromatic carbocycles. The highest BCUT2D eigenvalue weighted by atomic mass is 35.5. The molecule has 2 nitrogen and oxygen atoms in total. The van der Waals surface area contributed by atoms with Gasteiger partial charge in [-0.1, -0.05) is 29.8 Å². The molecule has 0 aromatic heterocycles. The minimum Gasteiger partial charge on any atom is -0.325 e. The van der Waals surface area contributed by atoms with Crippen molar-refractivity contribution in [3.63, 3.8) is 0 Å². The van der Waals surface area contributed by atoms with Crippen molar-refractivity contribution < 1.29 is 9.18 Å². The van der Waals surface area contributed by atoms with Crippen molar-refractivity contribution in [2.75, 3.05) is 16.8 Å². The topological polar surface area (TPSA) is 29.1 Å². The summed E-state index contributed by atoms with van der Waals surface area (Å²) in [4.78, 5) is 11.8. The van der Waals surface area contributed by atoms with Crippen LogP contribution in [0.4, 0.5) is 10.1 Å². The summed E-state index contributed by atoms with van der Waals surface area (Å²) in [7, 11) is 0. The number of hydrogen-bond acceptors (Lipinski definition) is 2. The summed E-state index contributed by atoms with van der Waals surface area (Å²) in [6.45, 7) is 0. The molecule has 0 radical (unpaired) electrons. The number of fused-ring (bicyclic) bond motifs is 1. The first-order valence-electron chi connectivity index (χ1n) is 6.56. The van der Waals surface area contributed by atoms with Crippen LogP contribution in [0, 0.1) is 5.82 Å². The van der Waals surface area contributed by atoms with E-state index in [0.717, 1.165) is 5.56 Å². The zero-order chi connectivity index (χ0) is 14.8. The van der Waals surface area contributed by atoms with Gasteiger partial charge in [0, 0.05) is 22.4 Å². The summed E-state index contributed by atoms with van der Waals surface area (Å²) in [6.07, 6.45) is 0. The van der Waals surface area contributed by atoms with Gasteiger partial charge in [0.1, 0.15) is 5.82 Å². The maximum absolute atomic E-state index is 14.2. The fourth-order valence-corrected chi connectivity index (χ4v) is 3.65. The number of benzene rings is 2. The van der Waals surface area contributed by atoms with Crippen LogP contribution in [0.15, 0.2) is 42.5 Å². The van der Waals surface area contributed by atoms with Gasteiger partial charge in [0.25, 0.3) is 0 Å². The molecule has 3 rings (SSSR count). The molecular formula is C16H13ClFNOS. The van der Waals surface area contributed by atoms with Crippen LogP contribution in [0.3, 0.4) is 0 Å². The summed E-state index contributed by atoms with van der Waals surface area (Å²) in [5.74, 6) is 0.594. The molecule has 1 atom stereocenters. The first-order chi connectivity index (χ1) is 10.1. The molecule has 0 bridgehead atoms. The summed E-state index contributed by atoms with van der Waals surface area (Å²) in [5, 5.41) is 3.45. The third kappa shape index (κ3) is 3.06. The third-order valence-electron chi connectivity index (χ3n) is 3.46. The Morgan fingerprint density at radius 1 is 1.19 bits per heavy atom. The Morgan fingerprint density at radius 2 is 2.00 bits per heavy atom. The minimum atomic E-state index is -0.235. The van der Waals surface area contributed by atoms with E-state index in [1.54, 1.807) is 30.3 Å². The number of amides is 1. The molecule has 21 heavy (non-hydrogen) atoms. The maximum atomic E-state index is 14.2. The Balaban J connectivity index is 2.13. The quantitative estimate of drug-likeness (QED) is 0.848. The van der Waals surface area contributed by atoms with E-state index >= 15 is 0 Å². The molecule has 1 unspecified atom stereocenters. The van der Waals surface area contributed by atoms with Crippen molar-refractivity contribution in [3.05, 3.63) is 64.4 Å². The molecule has 0 fully saturated rings. The molecule has 2 aromatic rings.